The van der Waals surface area contributed by atoms with Crippen molar-refractivity contribution in [1.82, 2.24) is 0 Å². The summed E-state index contributed by atoms with van der Waals surface area (Å²) in [6, 6.07) is 3.83. The van der Waals surface area contributed by atoms with Crippen LogP contribution in [0.1, 0.15) is 20.8 Å². The number of phenols is 1. The standard InChI is InChI=1S/C14H19NO6S/c1-14(2,3)21-13(17)15-9-4-5-11(16)12(6-9)22(18,19)10-7-20-8-10/h4-6,10,16H,7-8H2,1-3H3,(H,15,17). The number of aromatic hydroxyl groups is 1. The molecule has 1 aromatic rings. The molecule has 22 heavy (non-hydrogen) atoms. The van der Waals surface area contributed by atoms with Crippen LogP contribution in [0.2, 0.25) is 0 Å². The molecule has 0 atom stereocenters. The van der Waals surface area contributed by atoms with Crippen LogP contribution in [-0.4, -0.2) is 43.7 Å². The van der Waals surface area contributed by atoms with Crippen molar-refractivity contribution in [2.75, 3.05) is 18.5 Å². The van der Waals surface area contributed by atoms with Crippen LogP contribution in [-0.2, 0) is 19.3 Å². The predicted molar refractivity (Wildman–Crippen MR) is 79.8 cm³/mol. The van der Waals surface area contributed by atoms with Gasteiger partial charge in [-0.2, -0.15) is 0 Å². The summed E-state index contributed by atoms with van der Waals surface area (Å²) in [5.41, 5.74) is -0.440. The van der Waals surface area contributed by atoms with Gasteiger partial charge < -0.3 is 14.6 Å². The summed E-state index contributed by atoms with van der Waals surface area (Å²) < 4.78 is 34.6. The molecule has 0 radical (unpaired) electrons. The van der Waals surface area contributed by atoms with Crippen molar-refractivity contribution in [1.29, 1.82) is 0 Å². The number of benzene rings is 1. The monoisotopic (exact) mass is 329 g/mol. The molecule has 0 saturated carbocycles. The Morgan fingerprint density at radius 1 is 1.36 bits per heavy atom. The van der Waals surface area contributed by atoms with Gasteiger partial charge in [0.05, 0.1) is 13.2 Å². The van der Waals surface area contributed by atoms with Crippen molar-refractivity contribution in [3.8, 4) is 5.75 Å². The lowest BCUT2D eigenvalue weighted by atomic mass is 10.2. The number of hydrogen-bond donors (Lipinski definition) is 2. The van der Waals surface area contributed by atoms with Gasteiger partial charge in [-0.3, -0.25) is 5.32 Å². The van der Waals surface area contributed by atoms with Crippen molar-refractivity contribution in [3.63, 3.8) is 0 Å². The zero-order chi connectivity index (χ0) is 16.5. The first-order chi connectivity index (χ1) is 10.1. The van der Waals surface area contributed by atoms with E-state index in [1.807, 2.05) is 0 Å². The van der Waals surface area contributed by atoms with E-state index < -0.39 is 26.8 Å². The van der Waals surface area contributed by atoms with Crippen LogP contribution in [0.15, 0.2) is 23.1 Å². The predicted octanol–water partition coefficient (Wildman–Crippen LogP) is 1.91. The second kappa shape index (κ2) is 5.77. The van der Waals surface area contributed by atoms with Crippen molar-refractivity contribution >= 4 is 21.6 Å². The van der Waals surface area contributed by atoms with E-state index in [1.54, 1.807) is 20.8 Å². The highest BCUT2D eigenvalue weighted by Gasteiger charge is 2.35. The minimum Gasteiger partial charge on any atom is -0.507 e. The summed E-state index contributed by atoms with van der Waals surface area (Å²) >= 11 is 0. The molecule has 8 heteroatoms. The van der Waals surface area contributed by atoms with E-state index in [0.717, 1.165) is 0 Å². The number of sulfone groups is 1. The second-order valence-electron chi connectivity index (χ2n) is 6.01. The second-order valence-corrected chi connectivity index (χ2v) is 8.21. The zero-order valence-electron chi connectivity index (χ0n) is 12.6. The highest BCUT2D eigenvalue weighted by Crippen LogP contribution is 2.31. The Balaban J connectivity index is 2.22. The topological polar surface area (TPSA) is 102 Å². The maximum atomic E-state index is 12.3. The van der Waals surface area contributed by atoms with Crippen LogP contribution in [0.3, 0.4) is 0 Å². The molecule has 1 fully saturated rings. The Hall–Kier alpha value is -1.80. The minimum atomic E-state index is -3.69. The molecule has 1 saturated heterocycles. The summed E-state index contributed by atoms with van der Waals surface area (Å²) in [6.45, 7) is 5.36. The average Bonchev–Trinajstić information content (AvgIpc) is 2.25. The quantitative estimate of drug-likeness (QED) is 0.821. The van der Waals surface area contributed by atoms with Crippen molar-refractivity contribution in [3.05, 3.63) is 18.2 Å². The molecule has 1 amide bonds. The molecule has 0 bridgehead atoms. The fourth-order valence-corrected chi connectivity index (χ4v) is 3.37. The third-order valence-corrected chi connectivity index (χ3v) is 5.05. The maximum Gasteiger partial charge on any atom is 0.412 e. The molecule has 1 aliphatic heterocycles. The molecule has 1 heterocycles. The van der Waals surface area contributed by atoms with Gasteiger partial charge >= 0.3 is 6.09 Å². The molecule has 2 N–H and O–H groups in total. The van der Waals surface area contributed by atoms with Crippen molar-refractivity contribution < 1.29 is 27.8 Å². The number of nitrogens with one attached hydrogen (secondary N) is 1. The minimum absolute atomic E-state index is 0.103. The smallest absolute Gasteiger partial charge is 0.412 e. The molecular weight excluding hydrogens is 310 g/mol. The van der Waals surface area contributed by atoms with Gasteiger partial charge in [-0.05, 0) is 39.0 Å². The number of rotatable bonds is 3. The first-order valence-electron chi connectivity index (χ1n) is 6.74. The number of carbonyl (C=O) groups is 1. The molecule has 0 spiro atoms. The van der Waals surface area contributed by atoms with Crippen LogP contribution in [0, 0.1) is 0 Å². The maximum absolute atomic E-state index is 12.3. The average molecular weight is 329 g/mol. The third-order valence-electron chi connectivity index (χ3n) is 2.96. The van der Waals surface area contributed by atoms with Crippen molar-refractivity contribution in [2.24, 2.45) is 0 Å². The van der Waals surface area contributed by atoms with E-state index in [1.165, 1.54) is 18.2 Å². The van der Waals surface area contributed by atoms with Gasteiger partial charge in [0.25, 0.3) is 0 Å². The van der Waals surface area contributed by atoms with Gasteiger partial charge in [-0.15, -0.1) is 0 Å². The molecule has 0 aliphatic carbocycles. The largest absolute Gasteiger partial charge is 0.507 e. The lowest BCUT2D eigenvalue weighted by molar-refractivity contribution is 0.0415. The highest BCUT2D eigenvalue weighted by molar-refractivity contribution is 7.92. The number of amides is 1. The normalized spacial score (nSPS) is 16.0. The molecule has 1 aliphatic rings. The van der Waals surface area contributed by atoms with E-state index in [9.17, 15) is 18.3 Å². The summed E-state index contributed by atoms with van der Waals surface area (Å²) in [5, 5.41) is 11.6. The Kier molecular flexibility index (Phi) is 4.35. The Morgan fingerprint density at radius 2 is 2.00 bits per heavy atom. The molecule has 1 aromatic carbocycles. The third kappa shape index (κ3) is 3.69. The van der Waals surface area contributed by atoms with Crippen LogP contribution in [0.4, 0.5) is 10.5 Å². The number of carbonyl (C=O) groups excluding carboxylic acids is 1. The van der Waals surface area contributed by atoms with Gasteiger partial charge in [0, 0.05) is 5.69 Å². The van der Waals surface area contributed by atoms with Gasteiger partial charge in [0.15, 0.2) is 9.84 Å². The zero-order valence-corrected chi connectivity index (χ0v) is 13.4. The van der Waals surface area contributed by atoms with Crippen LogP contribution in [0.5, 0.6) is 5.75 Å². The molecule has 122 valence electrons. The van der Waals surface area contributed by atoms with Crippen LogP contribution >= 0.6 is 0 Å². The highest BCUT2D eigenvalue weighted by atomic mass is 32.2. The summed E-state index contributed by atoms with van der Waals surface area (Å²) in [4.78, 5) is 11.5. The number of phenolic OH excluding ortho intramolecular Hbond substituents is 1. The van der Waals surface area contributed by atoms with Crippen LogP contribution < -0.4 is 5.32 Å². The molecule has 7 nitrogen and oxygen atoms in total. The summed E-state index contributed by atoms with van der Waals surface area (Å²) in [6.07, 6.45) is -0.700. The van der Waals surface area contributed by atoms with Gasteiger partial charge in [0.1, 0.15) is 21.5 Å². The first-order valence-corrected chi connectivity index (χ1v) is 8.29. The molecule has 2 rings (SSSR count). The number of anilines is 1. The van der Waals surface area contributed by atoms with E-state index in [0.29, 0.717) is 0 Å². The SMILES string of the molecule is CC(C)(C)OC(=O)Nc1ccc(O)c(S(=O)(=O)C2COC2)c1. The van der Waals surface area contributed by atoms with Gasteiger partial charge in [0.2, 0.25) is 0 Å². The number of ether oxygens (including phenoxy) is 2. The number of hydrogen-bond acceptors (Lipinski definition) is 6. The van der Waals surface area contributed by atoms with E-state index in [-0.39, 0.29) is 29.5 Å². The Morgan fingerprint density at radius 3 is 2.50 bits per heavy atom. The molecular formula is C14H19NO6S. The summed E-state index contributed by atoms with van der Waals surface area (Å²) in [7, 11) is -3.69. The van der Waals surface area contributed by atoms with Gasteiger partial charge in [-0.25, -0.2) is 13.2 Å². The Labute approximate surface area is 129 Å². The van der Waals surface area contributed by atoms with E-state index >= 15 is 0 Å². The lowest BCUT2D eigenvalue weighted by Gasteiger charge is -2.26. The fourth-order valence-electron chi connectivity index (χ4n) is 1.81. The van der Waals surface area contributed by atoms with Crippen LogP contribution in [0.25, 0.3) is 0 Å². The lowest BCUT2D eigenvalue weighted by Crippen LogP contribution is -2.40. The fraction of sp³-hybridized carbons (Fsp3) is 0.500. The summed E-state index contributed by atoms with van der Waals surface area (Å²) in [5.74, 6) is -0.360. The molecule has 0 aromatic heterocycles. The van der Waals surface area contributed by atoms with E-state index in [2.05, 4.69) is 5.32 Å². The first kappa shape index (κ1) is 16.6. The van der Waals surface area contributed by atoms with E-state index in [4.69, 9.17) is 9.47 Å². The van der Waals surface area contributed by atoms with Gasteiger partial charge in [-0.1, -0.05) is 0 Å². The van der Waals surface area contributed by atoms with Crippen molar-refractivity contribution in [2.45, 2.75) is 36.5 Å². The Bertz CT molecular complexity index is 673. The molecule has 0 unspecified atom stereocenters.